The predicted octanol–water partition coefficient (Wildman–Crippen LogP) is 14.7. The zero-order valence-corrected chi connectivity index (χ0v) is 32.2. The van der Waals surface area contributed by atoms with Gasteiger partial charge in [-0.3, -0.25) is 0 Å². The molecule has 0 aliphatic carbocycles. The largest absolute Gasteiger partial charge is 0.309 e. The minimum Gasteiger partial charge on any atom is -0.309 e. The third-order valence-electron chi connectivity index (χ3n) is 11.5. The van der Waals surface area contributed by atoms with Crippen molar-refractivity contribution in [2.45, 2.75) is 0 Å². The van der Waals surface area contributed by atoms with Crippen molar-refractivity contribution in [2.75, 3.05) is 0 Å². The van der Waals surface area contributed by atoms with E-state index in [2.05, 4.69) is 223 Å². The van der Waals surface area contributed by atoms with Gasteiger partial charge in [0, 0.05) is 33.2 Å². The highest BCUT2D eigenvalue weighted by atomic mass is 15.0. The number of benzene rings is 9. The maximum atomic E-state index is 5.31. The van der Waals surface area contributed by atoms with Gasteiger partial charge in [0.05, 0.1) is 22.4 Å². The van der Waals surface area contributed by atoms with Crippen LogP contribution < -0.4 is 0 Å². The van der Waals surface area contributed by atoms with Crippen molar-refractivity contribution in [2.24, 2.45) is 0 Å². The quantitative estimate of drug-likeness (QED) is 0.162. The second kappa shape index (κ2) is 14.6. The van der Waals surface area contributed by atoms with Gasteiger partial charge in [-0.2, -0.15) is 0 Å². The molecule has 0 aliphatic rings. The summed E-state index contributed by atoms with van der Waals surface area (Å²) in [4.78, 5) is 10.5. The lowest BCUT2D eigenvalue weighted by atomic mass is 9.93. The molecule has 0 unspecified atom stereocenters. The van der Waals surface area contributed by atoms with Crippen LogP contribution in [0, 0.1) is 0 Å². The zero-order chi connectivity index (χ0) is 39.1. The molecule has 0 spiro atoms. The maximum absolute atomic E-state index is 5.31. The van der Waals surface area contributed by atoms with Gasteiger partial charge in [0.15, 0.2) is 5.82 Å². The average molecular weight is 752 g/mol. The van der Waals surface area contributed by atoms with E-state index in [0.717, 1.165) is 50.3 Å². The van der Waals surface area contributed by atoms with Crippen LogP contribution in [0.15, 0.2) is 224 Å². The predicted molar refractivity (Wildman–Crippen MR) is 246 cm³/mol. The van der Waals surface area contributed by atoms with Gasteiger partial charge >= 0.3 is 0 Å². The molecule has 2 aromatic heterocycles. The Labute approximate surface area is 343 Å². The van der Waals surface area contributed by atoms with E-state index >= 15 is 0 Å². The molecule has 0 aliphatic heterocycles. The van der Waals surface area contributed by atoms with E-state index in [1.54, 1.807) is 0 Å². The summed E-state index contributed by atoms with van der Waals surface area (Å²) in [5.74, 6) is 0.691. The first kappa shape index (κ1) is 34.4. The van der Waals surface area contributed by atoms with Gasteiger partial charge in [-0.25, -0.2) is 9.97 Å². The third-order valence-corrected chi connectivity index (χ3v) is 11.5. The second-order valence-electron chi connectivity index (χ2n) is 15.0. The highest BCUT2D eigenvalue weighted by Gasteiger charge is 2.17. The molecule has 9 aromatic carbocycles. The molecule has 2 heterocycles. The summed E-state index contributed by atoms with van der Waals surface area (Å²) in [6.07, 6.45) is 0. The number of aromatic nitrogens is 3. The topological polar surface area (TPSA) is 30.7 Å². The van der Waals surface area contributed by atoms with Gasteiger partial charge in [0.1, 0.15) is 0 Å². The Morgan fingerprint density at radius 2 is 0.712 bits per heavy atom. The standard InChI is InChI=1S/C56H37N3/c1-3-14-38(15-4-1)40-26-30-42(31-27-40)52-37-53(58-56(57-52)43-32-28-41(29-33-43)39-16-5-2-6-17-39)49-35-34-46(47-20-7-8-21-48(47)49)44-18-13-19-45(36-44)59-54-24-11-9-22-50(54)51-23-10-12-25-55(51)59/h1-37H. The number of hydrogen-bond acceptors (Lipinski definition) is 2. The summed E-state index contributed by atoms with van der Waals surface area (Å²) in [6, 6.07) is 79.8. The molecule has 11 aromatic rings. The SMILES string of the molecule is c1ccc(-c2ccc(-c3cc(-c4ccc(-c5cccc(-n6c7ccccc7c7ccccc76)c5)c5ccccc45)nc(-c4ccc(-c5ccccc5)cc4)n3)cc2)cc1. The van der Waals surface area contributed by atoms with E-state index < -0.39 is 0 Å². The van der Waals surface area contributed by atoms with Gasteiger partial charge in [0.2, 0.25) is 0 Å². The van der Waals surface area contributed by atoms with Crippen molar-refractivity contribution in [1.82, 2.24) is 14.5 Å². The Morgan fingerprint density at radius 3 is 1.32 bits per heavy atom. The van der Waals surface area contributed by atoms with Crippen LogP contribution in [0.4, 0.5) is 0 Å². The highest BCUT2D eigenvalue weighted by molar-refractivity contribution is 6.09. The van der Waals surface area contributed by atoms with Gasteiger partial charge < -0.3 is 4.57 Å². The second-order valence-corrected chi connectivity index (χ2v) is 15.0. The third kappa shape index (κ3) is 6.26. The fourth-order valence-electron chi connectivity index (χ4n) is 8.56. The number of hydrogen-bond donors (Lipinski definition) is 0. The van der Waals surface area contributed by atoms with E-state index in [9.17, 15) is 0 Å². The first-order valence-electron chi connectivity index (χ1n) is 20.1. The fraction of sp³-hybridized carbons (Fsp3) is 0. The van der Waals surface area contributed by atoms with Gasteiger partial charge in [0.25, 0.3) is 0 Å². The van der Waals surface area contributed by atoms with Crippen molar-refractivity contribution in [3.8, 4) is 73.0 Å². The van der Waals surface area contributed by atoms with Crippen LogP contribution in [0.1, 0.15) is 0 Å². The molecule has 0 N–H and O–H groups in total. The van der Waals surface area contributed by atoms with Crippen LogP contribution in [0.5, 0.6) is 0 Å². The highest BCUT2D eigenvalue weighted by Crippen LogP contribution is 2.39. The fourth-order valence-corrected chi connectivity index (χ4v) is 8.56. The zero-order valence-electron chi connectivity index (χ0n) is 32.2. The first-order valence-corrected chi connectivity index (χ1v) is 20.1. The molecular weight excluding hydrogens is 715 g/mol. The molecule has 3 heteroatoms. The Morgan fingerprint density at radius 1 is 0.271 bits per heavy atom. The summed E-state index contributed by atoms with van der Waals surface area (Å²) < 4.78 is 2.38. The van der Waals surface area contributed by atoms with E-state index in [0.29, 0.717) is 5.82 Å². The smallest absolute Gasteiger partial charge is 0.160 e. The molecule has 276 valence electrons. The summed E-state index contributed by atoms with van der Waals surface area (Å²) in [6.45, 7) is 0. The van der Waals surface area contributed by atoms with E-state index in [1.165, 1.54) is 49.4 Å². The molecule has 11 rings (SSSR count). The van der Waals surface area contributed by atoms with E-state index in [1.807, 2.05) is 6.07 Å². The minimum atomic E-state index is 0.691. The lowest BCUT2D eigenvalue weighted by Gasteiger charge is -2.15. The average Bonchev–Trinajstić information content (AvgIpc) is 3.66. The van der Waals surface area contributed by atoms with Crippen LogP contribution >= 0.6 is 0 Å². The van der Waals surface area contributed by atoms with Crippen molar-refractivity contribution < 1.29 is 0 Å². The summed E-state index contributed by atoms with van der Waals surface area (Å²) in [7, 11) is 0. The molecule has 0 amide bonds. The summed E-state index contributed by atoms with van der Waals surface area (Å²) in [5, 5.41) is 4.82. The minimum absolute atomic E-state index is 0.691. The Bertz CT molecular complexity index is 3140. The first-order chi connectivity index (χ1) is 29.2. The number of fused-ring (bicyclic) bond motifs is 4. The van der Waals surface area contributed by atoms with Crippen LogP contribution in [-0.4, -0.2) is 14.5 Å². The maximum Gasteiger partial charge on any atom is 0.160 e. The Hall–Kier alpha value is -7.88. The molecule has 0 saturated heterocycles. The normalized spacial score (nSPS) is 11.4. The monoisotopic (exact) mass is 751 g/mol. The van der Waals surface area contributed by atoms with Crippen molar-refractivity contribution in [3.63, 3.8) is 0 Å². The molecule has 0 radical (unpaired) electrons. The van der Waals surface area contributed by atoms with Crippen LogP contribution in [0.2, 0.25) is 0 Å². The number of para-hydroxylation sites is 2. The van der Waals surface area contributed by atoms with Crippen molar-refractivity contribution in [3.05, 3.63) is 224 Å². The Balaban J connectivity index is 1.04. The van der Waals surface area contributed by atoms with Crippen LogP contribution in [-0.2, 0) is 0 Å². The summed E-state index contributed by atoms with van der Waals surface area (Å²) >= 11 is 0. The lowest BCUT2D eigenvalue weighted by Crippen LogP contribution is -1.97. The molecule has 59 heavy (non-hydrogen) atoms. The molecule has 0 fully saturated rings. The Kier molecular flexibility index (Phi) is 8.49. The summed E-state index contributed by atoms with van der Waals surface area (Å²) in [5.41, 5.74) is 15.4. The van der Waals surface area contributed by atoms with Gasteiger partial charge in [-0.1, -0.05) is 194 Å². The lowest BCUT2D eigenvalue weighted by molar-refractivity contribution is 1.18. The van der Waals surface area contributed by atoms with Crippen LogP contribution in [0.25, 0.3) is 106 Å². The molecular formula is C56H37N3. The molecule has 0 atom stereocenters. The van der Waals surface area contributed by atoms with E-state index in [-0.39, 0.29) is 0 Å². The number of nitrogens with zero attached hydrogens (tertiary/aromatic N) is 3. The molecule has 0 bridgehead atoms. The van der Waals surface area contributed by atoms with Crippen LogP contribution in [0.3, 0.4) is 0 Å². The van der Waals surface area contributed by atoms with E-state index in [4.69, 9.17) is 9.97 Å². The number of rotatable bonds is 7. The van der Waals surface area contributed by atoms with Gasteiger partial charge in [-0.15, -0.1) is 0 Å². The molecule has 3 nitrogen and oxygen atoms in total. The van der Waals surface area contributed by atoms with Gasteiger partial charge in [-0.05, 0) is 74.5 Å². The van der Waals surface area contributed by atoms with Crippen molar-refractivity contribution in [1.29, 1.82) is 0 Å². The van der Waals surface area contributed by atoms with Crippen molar-refractivity contribution >= 4 is 32.6 Å². The molecule has 0 saturated carbocycles.